The Labute approximate surface area is 156 Å². The first-order valence-electron chi connectivity index (χ1n) is 9.38. The number of carbonyl (C=O) groups is 1. The Bertz CT molecular complexity index is 736. The largest absolute Gasteiger partial charge is 0.489 e. The summed E-state index contributed by atoms with van der Waals surface area (Å²) >= 11 is 0. The Hall–Kier alpha value is -2.33. The van der Waals surface area contributed by atoms with Crippen molar-refractivity contribution < 1.29 is 9.53 Å². The van der Waals surface area contributed by atoms with E-state index in [9.17, 15) is 4.79 Å². The number of nitrogens with zero attached hydrogens (tertiary/aromatic N) is 1. The van der Waals surface area contributed by atoms with Gasteiger partial charge in [0.25, 0.3) is 5.91 Å². The van der Waals surface area contributed by atoms with E-state index >= 15 is 0 Å². The minimum absolute atomic E-state index is 0.105. The van der Waals surface area contributed by atoms with Crippen LogP contribution in [0.2, 0.25) is 0 Å². The first-order valence-corrected chi connectivity index (χ1v) is 9.38. The van der Waals surface area contributed by atoms with Crippen LogP contribution in [0.5, 0.6) is 5.75 Å². The fraction of sp³-hybridized carbons (Fsp3) is 0.409. The minimum atomic E-state index is 0.105. The van der Waals surface area contributed by atoms with E-state index in [2.05, 4.69) is 30.4 Å². The Morgan fingerprint density at radius 1 is 1.15 bits per heavy atom. The fourth-order valence-corrected chi connectivity index (χ4v) is 3.50. The van der Waals surface area contributed by atoms with Crippen molar-refractivity contribution in [3.05, 3.63) is 65.2 Å². The Morgan fingerprint density at radius 3 is 2.65 bits per heavy atom. The van der Waals surface area contributed by atoms with Crippen molar-refractivity contribution >= 4 is 5.91 Å². The van der Waals surface area contributed by atoms with Gasteiger partial charge in [0.1, 0.15) is 12.4 Å². The number of hydrogen-bond acceptors (Lipinski definition) is 3. The van der Waals surface area contributed by atoms with E-state index < -0.39 is 0 Å². The molecule has 0 aliphatic carbocycles. The Morgan fingerprint density at radius 2 is 1.92 bits per heavy atom. The van der Waals surface area contributed by atoms with E-state index in [0.29, 0.717) is 18.1 Å². The highest BCUT2D eigenvalue weighted by atomic mass is 16.5. The maximum Gasteiger partial charge on any atom is 0.253 e. The van der Waals surface area contributed by atoms with Crippen LogP contribution in [0.15, 0.2) is 48.5 Å². The monoisotopic (exact) mass is 352 g/mol. The quantitative estimate of drug-likeness (QED) is 0.863. The molecule has 1 saturated heterocycles. The van der Waals surface area contributed by atoms with Gasteiger partial charge in [0.15, 0.2) is 0 Å². The van der Waals surface area contributed by atoms with Gasteiger partial charge in [-0.25, -0.2) is 0 Å². The second-order valence-electron chi connectivity index (χ2n) is 7.10. The van der Waals surface area contributed by atoms with Crippen molar-refractivity contribution in [1.82, 2.24) is 10.2 Å². The van der Waals surface area contributed by atoms with Gasteiger partial charge in [0, 0.05) is 18.7 Å². The fourth-order valence-electron chi connectivity index (χ4n) is 3.50. The number of piperidine rings is 1. The molecule has 3 rings (SSSR count). The van der Waals surface area contributed by atoms with E-state index in [4.69, 9.17) is 4.74 Å². The molecular weight excluding hydrogens is 324 g/mol. The summed E-state index contributed by atoms with van der Waals surface area (Å²) in [5.74, 6) is 1.52. The van der Waals surface area contributed by atoms with Crippen molar-refractivity contribution in [3.8, 4) is 5.75 Å². The summed E-state index contributed by atoms with van der Waals surface area (Å²) in [5, 5.41) is 3.23. The molecule has 138 valence electrons. The summed E-state index contributed by atoms with van der Waals surface area (Å²) in [6, 6.07) is 15.8. The molecule has 0 atom stereocenters. The first kappa shape index (κ1) is 18.5. The van der Waals surface area contributed by atoms with Crippen LogP contribution in [0.1, 0.15) is 34.3 Å². The summed E-state index contributed by atoms with van der Waals surface area (Å²) in [6.45, 7) is 5.28. The number of carbonyl (C=O) groups excluding carboxylic acids is 1. The van der Waals surface area contributed by atoms with Crippen LogP contribution in [0.25, 0.3) is 0 Å². The summed E-state index contributed by atoms with van der Waals surface area (Å²) in [5.41, 5.74) is 3.06. The molecule has 1 fully saturated rings. The van der Waals surface area contributed by atoms with Crippen LogP contribution in [-0.4, -0.2) is 37.5 Å². The number of likely N-dealkylation sites (tertiary alicyclic amines) is 1. The highest BCUT2D eigenvalue weighted by Crippen LogP contribution is 2.21. The molecule has 2 aromatic rings. The van der Waals surface area contributed by atoms with Crippen molar-refractivity contribution in [2.75, 3.05) is 26.7 Å². The lowest BCUT2D eigenvalue weighted by Gasteiger charge is -2.32. The van der Waals surface area contributed by atoms with E-state index in [1.54, 1.807) is 0 Å². The molecule has 1 amide bonds. The highest BCUT2D eigenvalue weighted by molar-refractivity contribution is 5.94. The van der Waals surface area contributed by atoms with Gasteiger partial charge in [-0.1, -0.05) is 35.9 Å². The SMILES string of the molecule is CNCC1CCN(C(=O)c2cccc(OCc3cccc(C)c3)c2)CC1. The number of benzene rings is 2. The van der Waals surface area contributed by atoms with Crippen molar-refractivity contribution in [2.45, 2.75) is 26.4 Å². The van der Waals surface area contributed by atoms with Gasteiger partial charge in [-0.3, -0.25) is 4.79 Å². The lowest BCUT2D eigenvalue weighted by molar-refractivity contribution is 0.0690. The van der Waals surface area contributed by atoms with E-state index in [-0.39, 0.29) is 5.91 Å². The number of amides is 1. The second-order valence-corrected chi connectivity index (χ2v) is 7.10. The van der Waals surface area contributed by atoms with E-state index in [1.165, 1.54) is 5.56 Å². The van der Waals surface area contributed by atoms with Crippen LogP contribution in [-0.2, 0) is 6.61 Å². The summed E-state index contributed by atoms with van der Waals surface area (Å²) < 4.78 is 5.90. The summed E-state index contributed by atoms with van der Waals surface area (Å²) in [4.78, 5) is 14.8. The summed E-state index contributed by atoms with van der Waals surface area (Å²) in [6.07, 6.45) is 2.13. The molecule has 1 aliphatic heterocycles. The molecule has 0 unspecified atom stereocenters. The Balaban J connectivity index is 1.59. The van der Waals surface area contributed by atoms with Crippen LogP contribution in [0, 0.1) is 12.8 Å². The molecule has 4 nitrogen and oxygen atoms in total. The molecule has 0 spiro atoms. The number of hydrogen-bond donors (Lipinski definition) is 1. The van der Waals surface area contributed by atoms with Crippen LogP contribution < -0.4 is 10.1 Å². The molecule has 26 heavy (non-hydrogen) atoms. The molecule has 0 saturated carbocycles. The molecule has 0 bridgehead atoms. The third kappa shape index (κ3) is 4.85. The zero-order valence-corrected chi connectivity index (χ0v) is 15.7. The van der Waals surface area contributed by atoms with E-state index in [0.717, 1.165) is 43.8 Å². The normalized spacial score (nSPS) is 15.1. The maximum absolute atomic E-state index is 12.8. The third-order valence-electron chi connectivity index (χ3n) is 4.96. The van der Waals surface area contributed by atoms with Gasteiger partial charge in [-0.05, 0) is 63.0 Å². The van der Waals surface area contributed by atoms with Crippen LogP contribution in [0.4, 0.5) is 0 Å². The predicted molar refractivity (Wildman–Crippen MR) is 105 cm³/mol. The molecule has 0 radical (unpaired) electrons. The van der Waals surface area contributed by atoms with Gasteiger partial charge < -0.3 is 15.0 Å². The van der Waals surface area contributed by atoms with Crippen LogP contribution in [0.3, 0.4) is 0 Å². The van der Waals surface area contributed by atoms with Gasteiger partial charge in [0.2, 0.25) is 0 Å². The molecule has 1 heterocycles. The molecule has 4 heteroatoms. The Kier molecular flexibility index (Phi) is 6.29. The van der Waals surface area contributed by atoms with Gasteiger partial charge in [-0.15, -0.1) is 0 Å². The topological polar surface area (TPSA) is 41.6 Å². The van der Waals surface area contributed by atoms with E-state index in [1.807, 2.05) is 42.3 Å². The third-order valence-corrected chi connectivity index (χ3v) is 4.96. The molecule has 1 aliphatic rings. The predicted octanol–water partition coefficient (Wildman–Crippen LogP) is 3.65. The average molecular weight is 352 g/mol. The number of rotatable bonds is 6. The number of aryl methyl sites for hydroxylation is 1. The molecule has 1 N–H and O–H groups in total. The van der Waals surface area contributed by atoms with Crippen molar-refractivity contribution in [2.24, 2.45) is 5.92 Å². The minimum Gasteiger partial charge on any atom is -0.489 e. The van der Waals surface area contributed by atoms with Crippen LogP contribution >= 0.6 is 0 Å². The average Bonchev–Trinajstić information content (AvgIpc) is 2.67. The zero-order chi connectivity index (χ0) is 18.4. The zero-order valence-electron chi connectivity index (χ0n) is 15.7. The molecule has 0 aromatic heterocycles. The number of ether oxygens (including phenoxy) is 1. The van der Waals surface area contributed by atoms with Crippen molar-refractivity contribution in [1.29, 1.82) is 0 Å². The molecule has 2 aromatic carbocycles. The lowest BCUT2D eigenvalue weighted by atomic mass is 9.96. The number of nitrogens with one attached hydrogen (secondary N) is 1. The molecular formula is C22H28N2O2. The highest BCUT2D eigenvalue weighted by Gasteiger charge is 2.23. The maximum atomic E-state index is 12.8. The second kappa shape index (κ2) is 8.86. The lowest BCUT2D eigenvalue weighted by Crippen LogP contribution is -2.40. The van der Waals surface area contributed by atoms with Gasteiger partial charge >= 0.3 is 0 Å². The van der Waals surface area contributed by atoms with Gasteiger partial charge in [0.05, 0.1) is 0 Å². The first-order chi connectivity index (χ1) is 12.7. The summed E-state index contributed by atoms with van der Waals surface area (Å²) in [7, 11) is 1.99. The van der Waals surface area contributed by atoms with Crippen molar-refractivity contribution in [3.63, 3.8) is 0 Å². The smallest absolute Gasteiger partial charge is 0.253 e. The van der Waals surface area contributed by atoms with Gasteiger partial charge in [-0.2, -0.15) is 0 Å². The standard InChI is InChI=1S/C22H28N2O2/c1-17-5-3-6-19(13-17)16-26-21-8-4-7-20(14-21)22(25)24-11-9-18(10-12-24)15-23-2/h3-8,13-14,18,23H,9-12,15-16H2,1-2H3.